The van der Waals surface area contributed by atoms with E-state index in [9.17, 15) is 4.39 Å². The van der Waals surface area contributed by atoms with Gasteiger partial charge in [-0.1, -0.05) is 28.8 Å². The van der Waals surface area contributed by atoms with Crippen LogP contribution in [0.15, 0.2) is 22.7 Å². The summed E-state index contributed by atoms with van der Waals surface area (Å²) in [6, 6.07) is 5.34. The summed E-state index contributed by atoms with van der Waals surface area (Å²) in [6.45, 7) is 2.11. The van der Waals surface area contributed by atoms with Crippen molar-refractivity contribution in [3.05, 3.63) is 28.5 Å². The van der Waals surface area contributed by atoms with Crippen LogP contribution < -0.4 is 5.32 Å². The molecule has 1 nitrogen and oxygen atoms in total. The molecule has 1 aliphatic carbocycles. The molecule has 2 rings (SSSR count). The molecule has 0 spiro atoms. The topological polar surface area (TPSA) is 12.0 Å². The molecule has 1 aliphatic rings. The molecule has 0 aromatic heterocycles. The molecule has 1 N–H and O–H groups in total. The van der Waals surface area contributed by atoms with Crippen LogP contribution in [0.1, 0.15) is 26.2 Å². The van der Waals surface area contributed by atoms with E-state index in [0.717, 1.165) is 16.8 Å². The van der Waals surface area contributed by atoms with E-state index in [1.165, 1.54) is 18.9 Å². The van der Waals surface area contributed by atoms with Crippen LogP contribution in [0.3, 0.4) is 0 Å². The van der Waals surface area contributed by atoms with Gasteiger partial charge in [0.1, 0.15) is 5.82 Å². The van der Waals surface area contributed by atoms with Gasteiger partial charge in [0.25, 0.3) is 0 Å². The fourth-order valence-electron chi connectivity index (χ4n) is 1.79. The molecule has 1 unspecified atom stereocenters. The fraction of sp³-hybridized carbons (Fsp3) is 0.500. The van der Waals surface area contributed by atoms with E-state index in [2.05, 4.69) is 28.2 Å². The number of hydrogen-bond acceptors (Lipinski definition) is 1. The molecule has 3 heteroatoms. The molecule has 1 saturated carbocycles. The summed E-state index contributed by atoms with van der Waals surface area (Å²) in [4.78, 5) is 0. The Morgan fingerprint density at radius 2 is 2.27 bits per heavy atom. The predicted molar refractivity (Wildman–Crippen MR) is 64.5 cm³/mol. The highest BCUT2D eigenvalue weighted by Gasteiger charge is 2.23. The first-order chi connectivity index (χ1) is 7.15. The standard InChI is InChI=1S/C12H15BrFN/c1-8(6-9-2-3-9)15-12-7-10(13)4-5-11(12)14/h4-5,7-9,15H,2-3,6H2,1H3. The molecule has 0 bridgehead atoms. The van der Waals surface area contributed by atoms with Gasteiger partial charge < -0.3 is 5.32 Å². The molecule has 0 saturated heterocycles. The summed E-state index contributed by atoms with van der Waals surface area (Å²) in [5.41, 5.74) is 0.595. The highest BCUT2D eigenvalue weighted by Crippen LogP contribution is 2.34. The van der Waals surface area contributed by atoms with E-state index in [1.54, 1.807) is 12.1 Å². The molecule has 1 fully saturated rings. The van der Waals surface area contributed by atoms with Crippen LogP contribution in [-0.4, -0.2) is 6.04 Å². The third kappa shape index (κ3) is 3.20. The van der Waals surface area contributed by atoms with Gasteiger partial charge in [0.2, 0.25) is 0 Å². The average molecular weight is 272 g/mol. The number of nitrogens with one attached hydrogen (secondary N) is 1. The highest BCUT2D eigenvalue weighted by molar-refractivity contribution is 9.10. The van der Waals surface area contributed by atoms with Crippen molar-refractivity contribution in [2.75, 3.05) is 5.32 Å². The van der Waals surface area contributed by atoms with Crippen LogP contribution in [0.25, 0.3) is 0 Å². The number of anilines is 1. The first-order valence-electron chi connectivity index (χ1n) is 5.37. The molecule has 15 heavy (non-hydrogen) atoms. The number of benzene rings is 1. The molecule has 0 heterocycles. The van der Waals surface area contributed by atoms with Crippen molar-refractivity contribution in [3.8, 4) is 0 Å². The second-order valence-electron chi connectivity index (χ2n) is 4.35. The van der Waals surface area contributed by atoms with Crippen molar-refractivity contribution in [2.45, 2.75) is 32.2 Å². The maximum atomic E-state index is 13.4. The van der Waals surface area contributed by atoms with Gasteiger partial charge in [-0.05, 0) is 37.5 Å². The van der Waals surface area contributed by atoms with Gasteiger partial charge in [-0.2, -0.15) is 0 Å². The van der Waals surface area contributed by atoms with Crippen LogP contribution >= 0.6 is 15.9 Å². The monoisotopic (exact) mass is 271 g/mol. The molecular weight excluding hydrogens is 257 g/mol. The molecular formula is C12H15BrFN. The van der Waals surface area contributed by atoms with Crippen LogP contribution in [0.2, 0.25) is 0 Å². The third-order valence-electron chi connectivity index (χ3n) is 2.71. The fourth-order valence-corrected chi connectivity index (χ4v) is 2.15. The number of halogens is 2. The van der Waals surface area contributed by atoms with E-state index in [-0.39, 0.29) is 5.82 Å². The largest absolute Gasteiger partial charge is 0.380 e. The maximum absolute atomic E-state index is 13.4. The van der Waals surface area contributed by atoms with Crippen molar-refractivity contribution in [1.29, 1.82) is 0 Å². The van der Waals surface area contributed by atoms with E-state index in [1.807, 2.05) is 0 Å². The Morgan fingerprint density at radius 3 is 2.93 bits per heavy atom. The summed E-state index contributed by atoms with van der Waals surface area (Å²) in [5.74, 6) is 0.684. The zero-order valence-electron chi connectivity index (χ0n) is 8.76. The lowest BCUT2D eigenvalue weighted by molar-refractivity contribution is 0.610. The molecule has 0 amide bonds. The lowest BCUT2D eigenvalue weighted by atomic mass is 10.1. The Balaban J connectivity index is 1.98. The number of rotatable bonds is 4. The highest BCUT2D eigenvalue weighted by atomic mass is 79.9. The second-order valence-corrected chi connectivity index (χ2v) is 5.26. The van der Waals surface area contributed by atoms with Gasteiger partial charge in [-0.25, -0.2) is 4.39 Å². The van der Waals surface area contributed by atoms with Crippen molar-refractivity contribution >= 4 is 21.6 Å². The van der Waals surface area contributed by atoms with Gasteiger partial charge in [-0.15, -0.1) is 0 Å². The maximum Gasteiger partial charge on any atom is 0.146 e. The first kappa shape index (κ1) is 10.9. The summed E-state index contributed by atoms with van der Waals surface area (Å²) in [7, 11) is 0. The van der Waals surface area contributed by atoms with Crippen LogP contribution in [0.4, 0.5) is 10.1 Å². The van der Waals surface area contributed by atoms with Crippen LogP contribution in [-0.2, 0) is 0 Å². The Kier molecular flexibility index (Phi) is 3.29. The Bertz CT molecular complexity index is 349. The minimum atomic E-state index is -0.180. The molecule has 0 aliphatic heterocycles. The van der Waals surface area contributed by atoms with Crippen molar-refractivity contribution < 1.29 is 4.39 Å². The summed E-state index contributed by atoms with van der Waals surface area (Å²) < 4.78 is 14.3. The smallest absolute Gasteiger partial charge is 0.146 e. The molecule has 1 aromatic carbocycles. The Labute approximate surface area is 98.2 Å². The molecule has 1 atom stereocenters. The average Bonchev–Trinajstić information content (AvgIpc) is 2.95. The minimum Gasteiger partial charge on any atom is -0.380 e. The van der Waals surface area contributed by atoms with Crippen molar-refractivity contribution in [3.63, 3.8) is 0 Å². The van der Waals surface area contributed by atoms with E-state index in [0.29, 0.717) is 11.7 Å². The van der Waals surface area contributed by atoms with Crippen LogP contribution in [0, 0.1) is 11.7 Å². The third-order valence-corrected chi connectivity index (χ3v) is 3.21. The summed E-state index contributed by atoms with van der Waals surface area (Å²) in [6.07, 6.45) is 3.83. The lowest BCUT2D eigenvalue weighted by Crippen LogP contribution is -2.16. The summed E-state index contributed by atoms with van der Waals surface area (Å²) >= 11 is 3.34. The number of hydrogen-bond donors (Lipinski definition) is 1. The van der Waals surface area contributed by atoms with Gasteiger partial charge in [0, 0.05) is 10.5 Å². The molecule has 82 valence electrons. The zero-order valence-corrected chi connectivity index (χ0v) is 10.3. The Hall–Kier alpha value is -0.570. The van der Waals surface area contributed by atoms with Gasteiger partial charge >= 0.3 is 0 Å². The van der Waals surface area contributed by atoms with Crippen LogP contribution in [0.5, 0.6) is 0 Å². The van der Waals surface area contributed by atoms with Gasteiger partial charge in [0.05, 0.1) is 5.69 Å². The van der Waals surface area contributed by atoms with Gasteiger partial charge in [-0.3, -0.25) is 0 Å². The lowest BCUT2D eigenvalue weighted by Gasteiger charge is -2.15. The quantitative estimate of drug-likeness (QED) is 0.866. The SMILES string of the molecule is CC(CC1CC1)Nc1cc(Br)ccc1F. The molecule has 0 radical (unpaired) electrons. The van der Waals surface area contributed by atoms with E-state index >= 15 is 0 Å². The van der Waals surface area contributed by atoms with E-state index < -0.39 is 0 Å². The van der Waals surface area contributed by atoms with Crippen molar-refractivity contribution in [2.24, 2.45) is 5.92 Å². The normalized spacial score (nSPS) is 17.5. The second kappa shape index (κ2) is 4.52. The van der Waals surface area contributed by atoms with Gasteiger partial charge in [0.15, 0.2) is 0 Å². The zero-order chi connectivity index (χ0) is 10.8. The summed E-state index contributed by atoms with van der Waals surface area (Å²) in [5, 5.41) is 3.22. The predicted octanol–water partition coefficient (Wildman–Crippen LogP) is 4.19. The first-order valence-corrected chi connectivity index (χ1v) is 6.16. The Morgan fingerprint density at radius 1 is 1.53 bits per heavy atom. The minimum absolute atomic E-state index is 0.180. The molecule has 1 aromatic rings. The van der Waals surface area contributed by atoms with E-state index in [4.69, 9.17) is 0 Å². The van der Waals surface area contributed by atoms with Crippen molar-refractivity contribution in [1.82, 2.24) is 0 Å².